The van der Waals surface area contributed by atoms with Crippen molar-refractivity contribution in [2.45, 2.75) is 26.2 Å². The second kappa shape index (κ2) is 19.3. The van der Waals surface area contributed by atoms with E-state index in [1.165, 1.54) is 0 Å². The second-order valence-electron chi connectivity index (χ2n) is 18.9. The number of hydrogen-bond donors (Lipinski definition) is 0. The van der Waals surface area contributed by atoms with E-state index in [9.17, 15) is 26.3 Å². The Balaban J connectivity index is 1.18. The smallest absolute Gasteiger partial charge is 0.309 e. The van der Waals surface area contributed by atoms with Gasteiger partial charge in [-0.05, 0) is 108 Å². The summed E-state index contributed by atoms with van der Waals surface area (Å²) < 4.78 is 88.4. The van der Waals surface area contributed by atoms with Gasteiger partial charge in [-0.15, -0.1) is 0 Å². The molecule has 0 aliphatic carbocycles. The minimum atomic E-state index is -4.59. The Kier molecular flexibility index (Phi) is 12.1. The maximum Gasteiger partial charge on any atom is 0.416 e. The molecule has 0 saturated carbocycles. The van der Waals surface area contributed by atoms with E-state index in [1.807, 2.05) is 174 Å². The van der Waals surface area contributed by atoms with Crippen molar-refractivity contribution in [2.24, 2.45) is 0 Å². The van der Waals surface area contributed by atoms with Crippen LogP contribution in [-0.4, -0.2) is 29.5 Å². The van der Waals surface area contributed by atoms with Crippen LogP contribution in [0.2, 0.25) is 0 Å². The first kappa shape index (κ1) is 48.4. The zero-order valence-electron chi connectivity index (χ0n) is 41.2. The predicted octanol–water partition coefficient (Wildman–Crippen LogP) is 17.7. The fourth-order valence-electron chi connectivity index (χ4n) is 9.94. The van der Waals surface area contributed by atoms with Crippen LogP contribution in [0.5, 0.6) is 0 Å². The minimum absolute atomic E-state index is 0.362. The van der Waals surface area contributed by atoms with E-state index in [2.05, 4.69) is 0 Å². The third kappa shape index (κ3) is 9.61. The summed E-state index contributed by atoms with van der Waals surface area (Å²) in [7, 11) is 0. The Morgan fingerprint density at radius 3 is 1.14 bits per heavy atom. The molecule has 0 bridgehead atoms. The van der Waals surface area contributed by atoms with Crippen LogP contribution < -0.4 is 0 Å². The number of aromatic nitrogens is 6. The van der Waals surface area contributed by atoms with E-state index in [-0.39, 0.29) is 0 Å². The quantitative estimate of drug-likeness (QED) is 0.135. The summed E-state index contributed by atoms with van der Waals surface area (Å²) in [5, 5.41) is 1.51. The van der Waals surface area contributed by atoms with Crippen LogP contribution in [0.25, 0.3) is 118 Å². The van der Waals surface area contributed by atoms with Gasteiger partial charge in [0, 0.05) is 44.2 Å². The highest BCUT2D eigenvalue weighted by molar-refractivity contribution is 6.12. The summed E-state index contributed by atoms with van der Waals surface area (Å²) >= 11 is 0. The van der Waals surface area contributed by atoms with Crippen molar-refractivity contribution in [2.75, 3.05) is 0 Å². The first-order valence-corrected chi connectivity index (χ1v) is 24.7. The molecule has 12 rings (SSSR count). The molecule has 0 spiro atoms. The van der Waals surface area contributed by atoms with E-state index in [1.54, 1.807) is 38.1 Å². The summed E-state index contributed by atoms with van der Waals surface area (Å²) in [6.07, 6.45) is -9.18. The Labute approximate surface area is 438 Å². The van der Waals surface area contributed by atoms with E-state index in [0.717, 1.165) is 57.3 Å². The standard InChI is InChI=1S/C65H42F6N6/c1-39-29-48(33-50(31-39)64(66,67)68)45-23-26-52-53-27-24-46(49-30-40(2)32-51(34-49)65(69,70)71)37-59(53)77(58(52)36-45)57-28-25-47(63-75-61(43-19-11-5-12-20-43)74-62(76-63)44-21-13-6-14-22-44)35-54(57)56-38-55(41-15-7-3-8-16-41)72-60(73-56)42-17-9-4-10-18-42/h3-38H,1-2H3. The molecule has 0 atom stereocenters. The van der Waals surface area contributed by atoms with Gasteiger partial charge in [0.05, 0.1) is 39.2 Å². The SMILES string of the molecule is Cc1cc(-c2ccc3c4ccc(-c5cc(C)cc(C(F)(F)F)c5)cc4n(-c4ccc(-c5nc(-c6ccccc6)nc(-c6ccccc6)n5)cc4-c4cc(-c5ccccc5)nc(-c5ccccc5)n4)c3c2)cc(C(F)(F)F)c1. The lowest BCUT2D eigenvalue weighted by Gasteiger charge is -2.18. The van der Waals surface area contributed by atoms with Gasteiger partial charge in [0.15, 0.2) is 23.3 Å². The molecule has 77 heavy (non-hydrogen) atoms. The molecule has 3 heterocycles. The maximum atomic E-state index is 14.4. The summed E-state index contributed by atoms with van der Waals surface area (Å²) in [6, 6.07) is 65.5. The molecule has 0 aliphatic heterocycles. The lowest BCUT2D eigenvalue weighted by atomic mass is 9.98. The molecule has 12 heteroatoms. The van der Waals surface area contributed by atoms with Crippen LogP contribution in [0.4, 0.5) is 26.3 Å². The van der Waals surface area contributed by atoms with Crippen LogP contribution >= 0.6 is 0 Å². The van der Waals surface area contributed by atoms with Crippen LogP contribution in [-0.2, 0) is 12.4 Å². The number of aryl methyl sites for hydroxylation is 2. The van der Waals surface area contributed by atoms with Gasteiger partial charge in [-0.2, -0.15) is 26.3 Å². The predicted molar refractivity (Wildman–Crippen MR) is 293 cm³/mol. The zero-order chi connectivity index (χ0) is 53.0. The summed E-state index contributed by atoms with van der Waals surface area (Å²) in [5.74, 6) is 1.73. The molecule has 9 aromatic carbocycles. The van der Waals surface area contributed by atoms with Gasteiger partial charge < -0.3 is 4.57 Å². The van der Waals surface area contributed by atoms with Gasteiger partial charge in [0.2, 0.25) is 0 Å². The molecule has 0 N–H and O–H groups in total. The third-order valence-corrected chi connectivity index (χ3v) is 13.5. The Morgan fingerprint density at radius 1 is 0.312 bits per heavy atom. The van der Waals surface area contributed by atoms with Gasteiger partial charge in [-0.25, -0.2) is 24.9 Å². The average molecular weight is 1020 g/mol. The number of benzene rings is 9. The molecule has 0 amide bonds. The van der Waals surface area contributed by atoms with Crippen molar-refractivity contribution in [1.82, 2.24) is 29.5 Å². The molecule has 374 valence electrons. The Morgan fingerprint density at radius 2 is 0.701 bits per heavy atom. The van der Waals surface area contributed by atoms with E-state index in [4.69, 9.17) is 24.9 Å². The van der Waals surface area contributed by atoms with Crippen molar-refractivity contribution < 1.29 is 26.3 Å². The molecule has 0 saturated heterocycles. The number of rotatable bonds is 9. The first-order valence-electron chi connectivity index (χ1n) is 24.7. The van der Waals surface area contributed by atoms with Crippen molar-refractivity contribution in [3.8, 4) is 96.0 Å². The monoisotopic (exact) mass is 1020 g/mol. The molecule has 6 nitrogen and oxygen atoms in total. The largest absolute Gasteiger partial charge is 0.416 e. The van der Waals surface area contributed by atoms with Gasteiger partial charge in [-0.1, -0.05) is 158 Å². The third-order valence-electron chi connectivity index (χ3n) is 13.5. The van der Waals surface area contributed by atoms with Gasteiger partial charge in [0.25, 0.3) is 0 Å². The fraction of sp³-hybridized carbons (Fsp3) is 0.0615. The number of hydrogen-bond acceptors (Lipinski definition) is 5. The Bertz CT molecular complexity index is 3960. The van der Waals surface area contributed by atoms with E-state index >= 15 is 0 Å². The minimum Gasteiger partial charge on any atom is -0.309 e. The molecule has 0 fully saturated rings. The fourth-order valence-corrected chi connectivity index (χ4v) is 9.94. The number of nitrogens with zero attached hydrogens (tertiary/aromatic N) is 6. The molecular formula is C65H42F6N6. The highest BCUT2D eigenvalue weighted by atomic mass is 19.4. The molecule has 0 unspecified atom stereocenters. The Hall–Kier alpha value is -9.55. The van der Waals surface area contributed by atoms with Crippen molar-refractivity contribution in [3.63, 3.8) is 0 Å². The van der Waals surface area contributed by atoms with Gasteiger partial charge in [0.1, 0.15) is 0 Å². The summed E-state index contributed by atoms with van der Waals surface area (Å²) in [4.78, 5) is 25.5. The number of alkyl halides is 6. The highest BCUT2D eigenvalue weighted by Crippen LogP contribution is 2.43. The van der Waals surface area contributed by atoms with Gasteiger partial charge >= 0.3 is 12.4 Å². The van der Waals surface area contributed by atoms with Gasteiger partial charge in [-0.3, -0.25) is 0 Å². The second-order valence-corrected chi connectivity index (χ2v) is 18.9. The lowest BCUT2D eigenvalue weighted by Crippen LogP contribution is -2.05. The zero-order valence-corrected chi connectivity index (χ0v) is 41.2. The maximum absolute atomic E-state index is 14.4. The van der Waals surface area contributed by atoms with E-state index < -0.39 is 23.5 Å². The van der Waals surface area contributed by atoms with Crippen molar-refractivity contribution >= 4 is 21.8 Å². The van der Waals surface area contributed by atoms with Crippen LogP contribution in [0.1, 0.15) is 22.3 Å². The molecule has 12 aromatic rings. The van der Waals surface area contributed by atoms with Crippen LogP contribution in [0, 0.1) is 13.8 Å². The van der Waals surface area contributed by atoms with E-state index in [0.29, 0.717) is 95.9 Å². The molecule has 0 aliphatic rings. The summed E-state index contributed by atoms with van der Waals surface area (Å²) in [5.41, 5.74) is 8.46. The molecule has 3 aromatic heterocycles. The van der Waals surface area contributed by atoms with Crippen molar-refractivity contribution in [3.05, 3.63) is 241 Å². The molecule has 0 radical (unpaired) electrons. The topological polar surface area (TPSA) is 69.4 Å². The normalized spacial score (nSPS) is 11.9. The van der Waals surface area contributed by atoms with Crippen molar-refractivity contribution in [1.29, 1.82) is 0 Å². The average Bonchev–Trinajstić information content (AvgIpc) is 4.00. The summed E-state index contributed by atoms with van der Waals surface area (Å²) in [6.45, 7) is 3.26. The number of fused-ring (bicyclic) bond motifs is 3. The van der Waals surface area contributed by atoms with Crippen LogP contribution in [0.3, 0.4) is 0 Å². The molecular weight excluding hydrogens is 979 g/mol. The number of halogens is 6. The first-order chi connectivity index (χ1) is 37.2. The lowest BCUT2D eigenvalue weighted by molar-refractivity contribution is -0.138. The van der Waals surface area contributed by atoms with Crippen LogP contribution in [0.15, 0.2) is 218 Å². The highest BCUT2D eigenvalue weighted by Gasteiger charge is 2.32.